The average molecular weight is 328 g/mol. The van der Waals surface area contributed by atoms with Gasteiger partial charge in [-0.1, -0.05) is 64.5 Å². The van der Waals surface area contributed by atoms with Crippen molar-refractivity contribution in [3.63, 3.8) is 0 Å². The summed E-state index contributed by atoms with van der Waals surface area (Å²) in [5.74, 6) is 0.666. The summed E-state index contributed by atoms with van der Waals surface area (Å²) in [6.45, 7) is 0.653. The monoisotopic (exact) mass is 327 g/mol. The maximum atomic E-state index is 6.06. The molecule has 0 fully saturated rings. The summed E-state index contributed by atoms with van der Waals surface area (Å²) in [4.78, 5) is 0. The number of hydrogen-bond acceptors (Lipinski definition) is 2. The van der Waals surface area contributed by atoms with Gasteiger partial charge in [0.05, 0.1) is 12.2 Å². The second kappa shape index (κ2) is 5.51. The normalized spacial score (nSPS) is 10.7. The second-order valence-corrected chi connectivity index (χ2v) is 5.42. The Hall–Kier alpha value is -2.07. The molecule has 0 aliphatic carbocycles. The molecule has 2 aromatic carbocycles. The van der Waals surface area contributed by atoms with Crippen LogP contribution >= 0.6 is 15.9 Å². The minimum Gasteiger partial charge on any atom is -0.384 e. The van der Waals surface area contributed by atoms with Crippen LogP contribution < -0.4 is 5.73 Å². The average Bonchev–Trinajstić information content (AvgIpc) is 2.84. The second-order valence-electron chi connectivity index (χ2n) is 4.57. The Bertz CT molecular complexity index is 720. The summed E-state index contributed by atoms with van der Waals surface area (Å²) < 4.78 is 2.89. The highest BCUT2D eigenvalue weighted by Crippen LogP contribution is 2.22. The highest BCUT2D eigenvalue weighted by molar-refractivity contribution is 9.10. The molecule has 1 aromatic heterocycles. The van der Waals surface area contributed by atoms with Gasteiger partial charge in [0, 0.05) is 16.1 Å². The Morgan fingerprint density at radius 2 is 1.70 bits per heavy atom. The third-order valence-corrected chi connectivity index (χ3v) is 3.93. The minimum atomic E-state index is 0.653. The van der Waals surface area contributed by atoms with E-state index in [9.17, 15) is 0 Å². The van der Waals surface area contributed by atoms with Gasteiger partial charge in [0.1, 0.15) is 5.82 Å². The molecule has 4 heteroatoms. The zero-order valence-electron chi connectivity index (χ0n) is 10.8. The van der Waals surface area contributed by atoms with Crippen molar-refractivity contribution >= 4 is 21.7 Å². The van der Waals surface area contributed by atoms with E-state index < -0.39 is 0 Å². The number of rotatable bonds is 3. The highest BCUT2D eigenvalue weighted by Gasteiger charge is 2.08. The molecule has 0 saturated carbocycles. The molecule has 2 N–H and O–H groups in total. The molecule has 0 aliphatic heterocycles. The van der Waals surface area contributed by atoms with E-state index in [4.69, 9.17) is 5.73 Å². The van der Waals surface area contributed by atoms with Gasteiger partial charge in [0.25, 0.3) is 0 Å². The van der Waals surface area contributed by atoms with Crippen molar-refractivity contribution < 1.29 is 0 Å². The van der Waals surface area contributed by atoms with Gasteiger partial charge in [-0.3, -0.25) is 0 Å². The molecule has 0 spiro atoms. The standard InChI is InChI=1S/C16H14BrN3/c17-14-9-5-4-8-13(14)11-20-16(18)10-15(19-20)12-6-2-1-3-7-12/h1-10H,11,18H2. The lowest BCUT2D eigenvalue weighted by Gasteiger charge is -2.06. The SMILES string of the molecule is Nc1cc(-c2ccccc2)nn1Cc1ccccc1Br. The van der Waals surface area contributed by atoms with Gasteiger partial charge in [-0.15, -0.1) is 0 Å². The van der Waals surface area contributed by atoms with Gasteiger partial charge < -0.3 is 5.73 Å². The van der Waals surface area contributed by atoms with Gasteiger partial charge in [-0.2, -0.15) is 5.10 Å². The van der Waals surface area contributed by atoms with Crippen molar-refractivity contribution in [2.75, 3.05) is 5.73 Å². The number of benzene rings is 2. The Balaban J connectivity index is 1.92. The molecule has 0 unspecified atom stereocenters. The van der Waals surface area contributed by atoms with Crippen LogP contribution in [0, 0.1) is 0 Å². The van der Waals surface area contributed by atoms with Gasteiger partial charge >= 0.3 is 0 Å². The number of nitrogen functional groups attached to an aromatic ring is 1. The lowest BCUT2D eigenvalue weighted by atomic mass is 10.2. The molecule has 0 atom stereocenters. The van der Waals surface area contributed by atoms with Gasteiger partial charge in [0.15, 0.2) is 0 Å². The van der Waals surface area contributed by atoms with Crippen LogP contribution in [0.5, 0.6) is 0 Å². The first-order valence-electron chi connectivity index (χ1n) is 6.36. The van der Waals surface area contributed by atoms with E-state index in [2.05, 4.69) is 27.1 Å². The Labute approximate surface area is 126 Å². The molecule has 3 aromatic rings. The Morgan fingerprint density at radius 3 is 2.45 bits per heavy atom. The third kappa shape index (κ3) is 2.60. The zero-order chi connectivity index (χ0) is 13.9. The van der Waals surface area contributed by atoms with Crippen molar-refractivity contribution in [1.29, 1.82) is 0 Å². The van der Waals surface area contributed by atoms with Crippen molar-refractivity contribution in [2.45, 2.75) is 6.54 Å². The highest BCUT2D eigenvalue weighted by atomic mass is 79.9. The number of nitrogens with two attached hydrogens (primary N) is 1. The number of aromatic nitrogens is 2. The molecule has 0 radical (unpaired) electrons. The summed E-state index contributed by atoms with van der Waals surface area (Å²) >= 11 is 3.55. The molecule has 0 amide bonds. The van der Waals surface area contributed by atoms with Crippen molar-refractivity contribution in [1.82, 2.24) is 9.78 Å². The fourth-order valence-electron chi connectivity index (χ4n) is 2.10. The quantitative estimate of drug-likeness (QED) is 0.791. The smallest absolute Gasteiger partial charge is 0.122 e. The van der Waals surface area contributed by atoms with E-state index in [0.29, 0.717) is 12.4 Å². The fraction of sp³-hybridized carbons (Fsp3) is 0.0625. The minimum absolute atomic E-state index is 0.653. The van der Waals surface area contributed by atoms with E-state index >= 15 is 0 Å². The number of halogens is 1. The molecule has 1 heterocycles. The van der Waals surface area contributed by atoms with Crippen LogP contribution in [0.4, 0.5) is 5.82 Å². The third-order valence-electron chi connectivity index (χ3n) is 3.16. The number of nitrogens with zero attached hydrogens (tertiary/aromatic N) is 2. The lowest BCUT2D eigenvalue weighted by molar-refractivity contribution is 0.698. The largest absolute Gasteiger partial charge is 0.384 e. The first kappa shape index (κ1) is 12.9. The molecule has 0 saturated heterocycles. The van der Waals surface area contributed by atoms with Gasteiger partial charge in [-0.05, 0) is 11.6 Å². The fourth-order valence-corrected chi connectivity index (χ4v) is 2.51. The Kier molecular flexibility index (Phi) is 3.56. The molecule has 3 nitrogen and oxygen atoms in total. The first-order valence-corrected chi connectivity index (χ1v) is 7.15. The molecule has 3 rings (SSSR count). The predicted octanol–water partition coefficient (Wildman–Crippen LogP) is 3.94. The van der Waals surface area contributed by atoms with Crippen LogP contribution in [0.2, 0.25) is 0 Å². The predicted molar refractivity (Wildman–Crippen MR) is 85.3 cm³/mol. The van der Waals surface area contributed by atoms with Crippen molar-refractivity contribution in [2.24, 2.45) is 0 Å². The van der Waals surface area contributed by atoms with Crippen LogP contribution in [-0.2, 0) is 6.54 Å². The summed E-state index contributed by atoms with van der Waals surface area (Å²) in [6, 6.07) is 20.1. The number of anilines is 1. The summed E-state index contributed by atoms with van der Waals surface area (Å²) in [7, 11) is 0. The van der Waals surface area contributed by atoms with Crippen molar-refractivity contribution in [3.8, 4) is 11.3 Å². The molecule has 20 heavy (non-hydrogen) atoms. The molecule has 100 valence electrons. The van der Waals surface area contributed by atoms with Crippen LogP contribution in [0.25, 0.3) is 11.3 Å². The van der Waals surface area contributed by atoms with Crippen LogP contribution in [0.15, 0.2) is 65.1 Å². The topological polar surface area (TPSA) is 43.8 Å². The number of hydrogen-bond donors (Lipinski definition) is 1. The van der Waals surface area contributed by atoms with E-state index in [-0.39, 0.29) is 0 Å². The van der Waals surface area contributed by atoms with Crippen LogP contribution in [0.1, 0.15) is 5.56 Å². The zero-order valence-corrected chi connectivity index (χ0v) is 12.4. The summed E-state index contributed by atoms with van der Waals surface area (Å²) in [5, 5.41) is 4.59. The molecule has 0 aliphatic rings. The van der Waals surface area contributed by atoms with Crippen LogP contribution in [0.3, 0.4) is 0 Å². The summed E-state index contributed by atoms with van der Waals surface area (Å²) in [5.41, 5.74) is 9.19. The van der Waals surface area contributed by atoms with Gasteiger partial charge in [-0.25, -0.2) is 4.68 Å². The maximum absolute atomic E-state index is 6.06. The molecular weight excluding hydrogens is 314 g/mol. The lowest BCUT2D eigenvalue weighted by Crippen LogP contribution is -2.06. The maximum Gasteiger partial charge on any atom is 0.122 e. The van der Waals surface area contributed by atoms with Crippen LogP contribution in [-0.4, -0.2) is 9.78 Å². The van der Waals surface area contributed by atoms with Gasteiger partial charge in [0.2, 0.25) is 0 Å². The molecule has 0 bridgehead atoms. The summed E-state index contributed by atoms with van der Waals surface area (Å²) in [6.07, 6.45) is 0. The van der Waals surface area contributed by atoms with Crippen molar-refractivity contribution in [3.05, 3.63) is 70.7 Å². The first-order chi connectivity index (χ1) is 9.74. The van der Waals surface area contributed by atoms with E-state index in [0.717, 1.165) is 21.3 Å². The van der Waals surface area contributed by atoms with E-state index in [1.807, 2.05) is 59.3 Å². The van der Waals surface area contributed by atoms with E-state index in [1.54, 1.807) is 0 Å². The molecular formula is C16H14BrN3. The Morgan fingerprint density at radius 1 is 1.00 bits per heavy atom. The van der Waals surface area contributed by atoms with E-state index in [1.165, 1.54) is 0 Å².